The molecule has 2 unspecified atom stereocenters. The number of nitrogens with zero attached hydrogens (tertiary/aromatic N) is 2. The molecule has 2 aliphatic rings. The summed E-state index contributed by atoms with van der Waals surface area (Å²) >= 11 is 5.44. The van der Waals surface area contributed by atoms with E-state index in [0.717, 1.165) is 18.6 Å². The lowest BCUT2D eigenvalue weighted by Gasteiger charge is -2.22. The Bertz CT molecular complexity index is 1090. The summed E-state index contributed by atoms with van der Waals surface area (Å²) in [5.74, 6) is -4.25. The van der Waals surface area contributed by atoms with Crippen LogP contribution in [-0.4, -0.2) is 33.5 Å². The fraction of sp³-hybridized carbons (Fsp3) is 0.450. The van der Waals surface area contributed by atoms with E-state index in [4.69, 9.17) is 12.2 Å². The van der Waals surface area contributed by atoms with Crippen LogP contribution in [0.15, 0.2) is 12.1 Å². The van der Waals surface area contributed by atoms with Gasteiger partial charge in [-0.25, -0.2) is 13.2 Å². The van der Waals surface area contributed by atoms with Gasteiger partial charge in [-0.3, -0.25) is 9.59 Å². The summed E-state index contributed by atoms with van der Waals surface area (Å²) in [6.45, 7) is 0.799. The number of hydrogen-bond acceptors (Lipinski definition) is 3. The Kier molecular flexibility index (Phi) is 5.44. The maximum absolute atomic E-state index is 14.3. The highest BCUT2D eigenvalue weighted by Gasteiger charge is 2.33. The molecule has 1 aromatic heterocycles. The SMILES string of the molecule is Cn1c(CC(=O)NC2CCCNC2=O)c2n(c1=S)CC(c1c(F)ccc(F)c1F)C2. The predicted molar refractivity (Wildman–Crippen MR) is 105 cm³/mol. The summed E-state index contributed by atoms with van der Waals surface area (Å²) < 4.78 is 46.0. The minimum absolute atomic E-state index is 0.0207. The van der Waals surface area contributed by atoms with E-state index in [0.29, 0.717) is 29.1 Å². The number of halogens is 3. The number of nitrogens with one attached hydrogen (secondary N) is 2. The van der Waals surface area contributed by atoms with Crippen LogP contribution in [-0.2, 0) is 36.0 Å². The standard InChI is InChI=1S/C20H21F3N4O2S/c1-26-14(8-16(28)25-13-3-2-6-24-19(13)29)15-7-10(9-27(15)20(26)30)17-11(21)4-5-12(22)18(17)23/h4-5,10,13H,2-3,6-9H2,1H3,(H,24,29)(H,25,28). The van der Waals surface area contributed by atoms with Gasteiger partial charge in [-0.05, 0) is 43.6 Å². The van der Waals surface area contributed by atoms with E-state index in [-0.39, 0.29) is 36.8 Å². The van der Waals surface area contributed by atoms with Gasteiger partial charge >= 0.3 is 0 Å². The van der Waals surface area contributed by atoms with Crippen LogP contribution in [0.4, 0.5) is 13.2 Å². The van der Waals surface area contributed by atoms with Crippen molar-refractivity contribution in [1.82, 2.24) is 19.8 Å². The third-order valence-electron chi connectivity index (χ3n) is 5.86. The molecule has 0 bridgehead atoms. The van der Waals surface area contributed by atoms with E-state index in [1.807, 2.05) is 0 Å². The predicted octanol–water partition coefficient (Wildman–Crippen LogP) is 2.25. The molecule has 0 saturated carbocycles. The highest BCUT2D eigenvalue weighted by atomic mass is 32.1. The Morgan fingerprint density at radius 2 is 2.03 bits per heavy atom. The van der Waals surface area contributed by atoms with Crippen LogP contribution >= 0.6 is 12.2 Å². The van der Waals surface area contributed by atoms with Gasteiger partial charge in [0.05, 0.1) is 6.42 Å². The molecule has 2 atom stereocenters. The molecule has 30 heavy (non-hydrogen) atoms. The Morgan fingerprint density at radius 3 is 2.77 bits per heavy atom. The van der Waals surface area contributed by atoms with Gasteiger partial charge in [0.2, 0.25) is 11.8 Å². The van der Waals surface area contributed by atoms with Crippen molar-refractivity contribution in [3.8, 4) is 0 Å². The van der Waals surface area contributed by atoms with Gasteiger partial charge in [-0.15, -0.1) is 0 Å². The largest absolute Gasteiger partial charge is 0.354 e. The van der Waals surface area contributed by atoms with Crippen LogP contribution < -0.4 is 10.6 Å². The minimum Gasteiger partial charge on any atom is -0.354 e. The first-order valence-corrected chi connectivity index (χ1v) is 10.2. The molecule has 0 spiro atoms. The first-order chi connectivity index (χ1) is 14.3. The second-order valence-corrected chi connectivity index (χ2v) is 8.10. The molecule has 0 radical (unpaired) electrons. The van der Waals surface area contributed by atoms with Crippen molar-refractivity contribution in [3.63, 3.8) is 0 Å². The smallest absolute Gasteiger partial charge is 0.242 e. The Hall–Kier alpha value is -2.62. The Labute approximate surface area is 176 Å². The van der Waals surface area contributed by atoms with E-state index < -0.39 is 29.4 Å². The molecule has 1 saturated heterocycles. The lowest BCUT2D eigenvalue weighted by Crippen LogP contribution is -2.50. The van der Waals surface area contributed by atoms with Crippen LogP contribution in [0.25, 0.3) is 0 Å². The average molecular weight is 438 g/mol. The molecular formula is C20H21F3N4O2S. The summed E-state index contributed by atoms with van der Waals surface area (Å²) in [7, 11) is 1.72. The maximum Gasteiger partial charge on any atom is 0.242 e. The first-order valence-electron chi connectivity index (χ1n) is 9.75. The van der Waals surface area contributed by atoms with Gasteiger partial charge in [-0.2, -0.15) is 0 Å². The molecule has 2 N–H and O–H groups in total. The van der Waals surface area contributed by atoms with Crippen molar-refractivity contribution in [1.29, 1.82) is 0 Å². The lowest BCUT2D eigenvalue weighted by molar-refractivity contribution is -0.129. The van der Waals surface area contributed by atoms with Crippen molar-refractivity contribution >= 4 is 24.0 Å². The van der Waals surface area contributed by atoms with Crippen LogP contribution in [0, 0.1) is 22.2 Å². The van der Waals surface area contributed by atoms with E-state index in [1.165, 1.54) is 0 Å². The van der Waals surface area contributed by atoms with Crippen LogP contribution in [0.3, 0.4) is 0 Å². The molecule has 1 fully saturated rings. The van der Waals surface area contributed by atoms with Gasteiger partial charge in [0.15, 0.2) is 16.4 Å². The van der Waals surface area contributed by atoms with Gasteiger partial charge in [0, 0.05) is 43.0 Å². The number of carbonyl (C=O) groups excluding carboxylic acids is 2. The van der Waals surface area contributed by atoms with E-state index in [1.54, 1.807) is 16.2 Å². The summed E-state index contributed by atoms with van der Waals surface area (Å²) in [6, 6.07) is 1.11. The van der Waals surface area contributed by atoms with Crippen LogP contribution in [0.2, 0.25) is 0 Å². The fourth-order valence-electron chi connectivity index (χ4n) is 4.33. The van der Waals surface area contributed by atoms with Crippen LogP contribution in [0.5, 0.6) is 0 Å². The third-order valence-corrected chi connectivity index (χ3v) is 6.35. The molecule has 6 nitrogen and oxygen atoms in total. The lowest BCUT2D eigenvalue weighted by atomic mass is 9.95. The summed E-state index contributed by atoms with van der Waals surface area (Å²) in [5.41, 5.74) is 1.01. The Morgan fingerprint density at radius 1 is 1.30 bits per heavy atom. The number of carbonyl (C=O) groups is 2. The number of imidazole rings is 1. The number of fused-ring (bicyclic) bond motifs is 1. The molecule has 2 amide bonds. The highest BCUT2D eigenvalue weighted by molar-refractivity contribution is 7.71. The molecule has 2 aromatic rings. The normalized spacial score (nSPS) is 20.7. The second kappa shape index (κ2) is 7.90. The van der Waals surface area contributed by atoms with Crippen molar-refractivity contribution in [2.24, 2.45) is 7.05 Å². The number of aromatic nitrogens is 2. The maximum atomic E-state index is 14.3. The zero-order chi connectivity index (χ0) is 21.6. The van der Waals surface area contributed by atoms with Crippen molar-refractivity contribution < 1.29 is 22.8 Å². The molecular weight excluding hydrogens is 417 g/mol. The molecule has 160 valence electrons. The van der Waals surface area contributed by atoms with E-state index >= 15 is 0 Å². The Balaban J connectivity index is 1.57. The minimum atomic E-state index is -1.19. The van der Waals surface area contributed by atoms with Crippen LogP contribution in [0.1, 0.15) is 35.7 Å². The molecule has 2 aliphatic heterocycles. The molecule has 0 aliphatic carbocycles. The highest BCUT2D eigenvalue weighted by Crippen LogP contribution is 2.36. The zero-order valence-corrected chi connectivity index (χ0v) is 17.1. The number of piperidine rings is 1. The molecule has 3 heterocycles. The van der Waals surface area contributed by atoms with Crippen molar-refractivity contribution in [3.05, 3.63) is 51.3 Å². The van der Waals surface area contributed by atoms with Crippen molar-refractivity contribution in [2.75, 3.05) is 6.54 Å². The summed E-state index contributed by atoms with van der Waals surface area (Å²) in [5, 5.41) is 5.45. The fourth-order valence-corrected chi connectivity index (χ4v) is 4.63. The zero-order valence-electron chi connectivity index (χ0n) is 16.3. The van der Waals surface area contributed by atoms with Crippen molar-refractivity contribution in [2.45, 2.75) is 44.2 Å². The number of rotatable bonds is 4. The number of amides is 2. The summed E-state index contributed by atoms with van der Waals surface area (Å²) in [6.07, 6.45) is 1.57. The van der Waals surface area contributed by atoms with E-state index in [2.05, 4.69) is 10.6 Å². The molecule has 1 aromatic carbocycles. The summed E-state index contributed by atoms with van der Waals surface area (Å²) in [4.78, 5) is 24.5. The first kappa shape index (κ1) is 20.6. The van der Waals surface area contributed by atoms with Gasteiger partial charge < -0.3 is 19.8 Å². The number of hydrogen-bond donors (Lipinski definition) is 2. The quantitative estimate of drug-likeness (QED) is 0.569. The van der Waals surface area contributed by atoms with E-state index in [9.17, 15) is 22.8 Å². The molecule has 4 rings (SSSR count). The number of benzene rings is 1. The van der Waals surface area contributed by atoms with Gasteiger partial charge in [0.1, 0.15) is 11.9 Å². The monoisotopic (exact) mass is 438 g/mol. The average Bonchev–Trinajstić information content (AvgIpc) is 3.22. The second-order valence-electron chi connectivity index (χ2n) is 7.73. The van der Waals surface area contributed by atoms with Gasteiger partial charge in [-0.1, -0.05) is 0 Å². The van der Waals surface area contributed by atoms with Gasteiger partial charge in [0.25, 0.3) is 0 Å². The third kappa shape index (κ3) is 3.53. The molecule has 10 heteroatoms. The topological polar surface area (TPSA) is 68.1 Å².